The third kappa shape index (κ3) is 2.81. The SMILES string of the molecule is Nc1nc(NCc2ccccc2)c2ncn(/C=C3/C[C@@H]3CO)c2n1. The lowest BCUT2D eigenvalue weighted by Gasteiger charge is -2.07. The Hall–Kier alpha value is -2.93. The third-order valence-corrected chi connectivity index (χ3v) is 4.11. The molecule has 4 rings (SSSR count). The fourth-order valence-electron chi connectivity index (χ4n) is 2.68. The molecule has 0 amide bonds. The zero-order valence-corrected chi connectivity index (χ0v) is 13.1. The summed E-state index contributed by atoms with van der Waals surface area (Å²) in [6, 6.07) is 10.1. The number of rotatable bonds is 5. The third-order valence-electron chi connectivity index (χ3n) is 4.11. The van der Waals surface area contributed by atoms with E-state index in [1.165, 1.54) is 5.57 Å². The molecule has 122 valence electrons. The number of hydrogen-bond acceptors (Lipinski definition) is 6. The number of anilines is 2. The maximum absolute atomic E-state index is 9.16. The van der Waals surface area contributed by atoms with Crippen LogP contribution in [0.1, 0.15) is 12.0 Å². The summed E-state index contributed by atoms with van der Waals surface area (Å²) in [5.74, 6) is 1.08. The van der Waals surface area contributed by atoms with Crippen molar-refractivity contribution in [1.29, 1.82) is 0 Å². The van der Waals surface area contributed by atoms with Crippen LogP contribution in [0.2, 0.25) is 0 Å². The van der Waals surface area contributed by atoms with Crippen LogP contribution in [-0.4, -0.2) is 31.2 Å². The van der Waals surface area contributed by atoms with Crippen molar-refractivity contribution < 1.29 is 5.11 Å². The minimum absolute atomic E-state index is 0.180. The molecule has 1 aliphatic carbocycles. The molecule has 2 aromatic heterocycles. The lowest BCUT2D eigenvalue weighted by atomic mass is 10.2. The van der Waals surface area contributed by atoms with Crippen LogP contribution in [0.3, 0.4) is 0 Å². The van der Waals surface area contributed by atoms with E-state index < -0.39 is 0 Å². The normalized spacial score (nSPS) is 18.2. The van der Waals surface area contributed by atoms with Crippen molar-refractivity contribution in [3.63, 3.8) is 0 Å². The Bertz CT molecular complexity index is 902. The van der Waals surface area contributed by atoms with Gasteiger partial charge < -0.3 is 16.2 Å². The molecular weight excluding hydrogens is 304 g/mol. The van der Waals surface area contributed by atoms with E-state index in [4.69, 9.17) is 10.8 Å². The highest BCUT2D eigenvalue weighted by Crippen LogP contribution is 2.38. The van der Waals surface area contributed by atoms with Crippen LogP contribution in [0.5, 0.6) is 0 Å². The second kappa shape index (κ2) is 5.93. The van der Waals surface area contributed by atoms with Crippen molar-refractivity contribution in [1.82, 2.24) is 19.5 Å². The topological polar surface area (TPSA) is 102 Å². The van der Waals surface area contributed by atoms with Gasteiger partial charge in [-0.05, 0) is 17.6 Å². The van der Waals surface area contributed by atoms with Crippen molar-refractivity contribution in [3.8, 4) is 0 Å². The first-order valence-electron chi connectivity index (χ1n) is 7.84. The summed E-state index contributed by atoms with van der Waals surface area (Å²) < 4.78 is 1.84. The molecule has 1 saturated carbocycles. The summed E-state index contributed by atoms with van der Waals surface area (Å²) in [6.07, 6.45) is 4.58. The second-order valence-electron chi connectivity index (χ2n) is 5.88. The Balaban J connectivity index is 1.64. The Morgan fingerprint density at radius 1 is 1.29 bits per heavy atom. The van der Waals surface area contributed by atoms with Gasteiger partial charge in [0.15, 0.2) is 17.0 Å². The minimum atomic E-state index is 0.180. The molecule has 1 aromatic carbocycles. The smallest absolute Gasteiger partial charge is 0.224 e. The van der Waals surface area contributed by atoms with Crippen molar-refractivity contribution in [3.05, 3.63) is 47.8 Å². The highest BCUT2D eigenvalue weighted by Gasteiger charge is 2.29. The van der Waals surface area contributed by atoms with Crippen LogP contribution in [0.15, 0.2) is 42.2 Å². The van der Waals surface area contributed by atoms with E-state index in [-0.39, 0.29) is 18.5 Å². The van der Waals surface area contributed by atoms with Crippen molar-refractivity contribution in [2.45, 2.75) is 13.0 Å². The molecule has 7 heteroatoms. The van der Waals surface area contributed by atoms with Crippen LogP contribution in [0.4, 0.5) is 11.8 Å². The average molecular weight is 322 g/mol. The zero-order chi connectivity index (χ0) is 16.5. The minimum Gasteiger partial charge on any atom is -0.396 e. The number of nitrogen functional groups attached to an aromatic ring is 1. The highest BCUT2D eigenvalue weighted by molar-refractivity contribution is 5.85. The first-order valence-corrected chi connectivity index (χ1v) is 7.84. The maximum Gasteiger partial charge on any atom is 0.224 e. The van der Waals surface area contributed by atoms with Gasteiger partial charge in [-0.25, -0.2) is 4.98 Å². The van der Waals surface area contributed by atoms with Crippen LogP contribution >= 0.6 is 0 Å². The average Bonchev–Trinajstić information content (AvgIpc) is 3.25. The van der Waals surface area contributed by atoms with E-state index in [1.54, 1.807) is 6.33 Å². The van der Waals surface area contributed by atoms with Crippen LogP contribution in [0, 0.1) is 5.92 Å². The zero-order valence-electron chi connectivity index (χ0n) is 13.1. The molecular formula is C17H18N6O. The Morgan fingerprint density at radius 2 is 2.12 bits per heavy atom. The summed E-state index contributed by atoms with van der Waals surface area (Å²) in [6.45, 7) is 0.812. The molecule has 0 aliphatic heterocycles. The second-order valence-corrected chi connectivity index (χ2v) is 5.88. The number of nitrogens with two attached hydrogens (primary N) is 1. The van der Waals surface area contributed by atoms with E-state index in [0.717, 1.165) is 12.0 Å². The lowest BCUT2D eigenvalue weighted by Crippen LogP contribution is -2.06. The summed E-state index contributed by atoms with van der Waals surface area (Å²) >= 11 is 0. The molecule has 0 bridgehead atoms. The maximum atomic E-state index is 9.16. The molecule has 7 nitrogen and oxygen atoms in total. The van der Waals surface area contributed by atoms with Gasteiger partial charge in [-0.1, -0.05) is 30.3 Å². The van der Waals surface area contributed by atoms with Gasteiger partial charge in [-0.3, -0.25) is 4.57 Å². The fourth-order valence-corrected chi connectivity index (χ4v) is 2.68. The molecule has 0 unspecified atom stereocenters. The van der Waals surface area contributed by atoms with Crippen molar-refractivity contribution >= 4 is 29.1 Å². The van der Waals surface area contributed by atoms with Gasteiger partial charge in [-0.15, -0.1) is 0 Å². The monoisotopic (exact) mass is 322 g/mol. The summed E-state index contributed by atoms with van der Waals surface area (Å²) in [4.78, 5) is 13.0. The molecule has 1 fully saturated rings. The van der Waals surface area contributed by atoms with E-state index in [0.29, 0.717) is 23.5 Å². The summed E-state index contributed by atoms with van der Waals surface area (Å²) in [5.41, 5.74) is 9.53. The Kier molecular flexibility index (Phi) is 3.62. The molecule has 24 heavy (non-hydrogen) atoms. The number of aromatic nitrogens is 4. The van der Waals surface area contributed by atoms with Gasteiger partial charge in [-0.2, -0.15) is 9.97 Å². The molecule has 0 spiro atoms. The number of benzene rings is 1. The van der Waals surface area contributed by atoms with Gasteiger partial charge in [0.25, 0.3) is 0 Å². The summed E-state index contributed by atoms with van der Waals surface area (Å²) in [5, 5.41) is 12.4. The number of fused-ring (bicyclic) bond motifs is 1. The van der Waals surface area contributed by atoms with Crippen molar-refractivity contribution in [2.24, 2.45) is 5.92 Å². The van der Waals surface area contributed by atoms with E-state index in [1.807, 2.05) is 41.1 Å². The van der Waals surface area contributed by atoms with Gasteiger partial charge >= 0.3 is 0 Å². The van der Waals surface area contributed by atoms with Gasteiger partial charge in [0.2, 0.25) is 5.95 Å². The Morgan fingerprint density at radius 3 is 2.88 bits per heavy atom. The predicted octanol–water partition coefficient (Wildman–Crippen LogP) is 1.87. The number of hydrogen-bond donors (Lipinski definition) is 3. The fraction of sp³-hybridized carbons (Fsp3) is 0.235. The summed E-state index contributed by atoms with van der Waals surface area (Å²) in [7, 11) is 0. The molecule has 1 aliphatic rings. The number of aliphatic hydroxyl groups is 1. The van der Waals surface area contributed by atoms with E-state index in [9.17, 15) is 0 Å². The molecule has 3 aromatic rings. The molecule has 0 saturated heterocycles. The first kappa shape index (κ1) is 14.6. The van der Waals surface area contributed by atoms with Gasteiger partial charge in [0.1, 0.15) is 6.33 Å². The van der Waals surface area contributed by atoms with Crippen LogP contribution in [-0.2, 0) is 6.54 Å². The number of nitrogens with one attached hydrogen (secondary N) is 1. The van der Waals surface area contributed by atoms with E-state index >= 15 is 0 Å². The molecule has 2 heterocycles. The quantitative estimate of drug-likeness (QED) is 0.663. The number of nitrogens with zero attached hydrogens (tertiary/aromatic N) is 4. The Labute approximate surface area is 138 Å². The number of imidazole rings is 1. The van der Waals surface area contributed by atoms with Crippen LogP contribution in [0.25, 0.3) is 17.4 Å². The largest absolute Gasteiger partial charge is 0.396 e. The van der Waals surface area contributed by atoms with Gasteiger partial charge in [0, 0.05) is 25.3 Å². The lowest BCUT2D eigenvalue weighted by molar-refractivity contribution is 0.281. The molecule has 0 radical (unpaired) electrons. The standard InChI is InChI=1S/C17H18N6O/c18-17-21-15(19-7-11-4-2-1-3-5-11)14-16(22-17)23(10-20-14)8-12-6-13(12)9-24/h1-5,8,10,13,24H,6-7,9H2,(H3,18,19,21,22)/b12-8-/t13-/m1/s1. The van der Waals surface area contributed by atoms with Crippen LogP contribution < -0.4 is 11.1 Å². The highest BCUT2D eigenvalue weighted by atomic mass is 16.3. The van der Waals surface area contributed by atoms with Crippen molar-refractivity contribution in [2.75, 3.05) is 17.7 Å². The number of aliphatic hydroxyl groups excluding tert-OH is 1. The first-order chi connectivity index (χ1) is 11.7. The molecule has 1 atom stereocenters. The predicted molar refractivity (Wildman–Crippen MR) is 93.0 cm³/mol. The molecule has 4 N–H and O–H groups in total. The van der Waals surface area contributed by atoms with E-state index in [2.05, 4.69) is 20.3 Å². The van der Waals surface area contributed by atoms with Gasteiger partial charge in [0.05, 0.1) is 0 Å².